The highest BCUT2D eigenvalue weighted by Crippen LogP contribution is 2.34. The molecule has 0 spiro atoms. The number of carboxylic acids is 1. The molecule has 6 nitrogen and oxygen atoms in total. The molecule has 3 N–H and O–H groups in total. The molecule has 6 heteroatoms. The number of anilines is 1. The van der Waals surface area contributed by atoms with E-state index in [0.29, 0.717) is 24.5 Å². The lowest BCUT2D eigenvalue weighted by molar-refractivity contribution is -0.142. The number of hydrogen-bond donors (Lipinski definition) is 2. The molecule has 1 aromatic carbocycles. The van der Waals surface area contributed by atoms with Crippen LogP contribution in [0.15, 0.2) is 18.2 Å². The zero-order valence-electron chi connectivity index (χ0n) is 11.0. The van der Waals surface area contributed by atoms with Crippen molar-refractivity contribution in [3.05, 3.63) is 18.2 Å². The number of rotatable bonds is 4. The van der Waals surface area contributed by atoms with Gasteiger partial charge in [-0.15, -0.1) is 0 Å². The second kappa shape index (κ2) is 4.97. The van der Waals surface area contributed by atoms with E-state index in [-0.39, 0.29) is 6.54 Å². The van der Waals surface area contributed by atoms with Crippen LogP contribution in [0.3, 0.4) is 0 Å². The number of aliphatic carboxylic acids is 1. The molecular weight excluding hydrogens is 248 g/mol. The fourth-order valence-electron chi connectivity index (χ4n) is 2.25. The highest BCUT2D eigenvalue weighted by atomic mass is 16.5. The molecule has 1 unspecified atom stereocenters. The number of hydrogen-bond acceptors (Lipinski definition) is 5. The van der Waals surface area contributed by atoms with Gasteiger partial charge < -0.3 is 25.2 Å². The Labute approximate surface area is 111 Å². The fraction of sp³-hybridized carbons (Fsp3) is 0.462. The van der Waals surface area contributed by atoms with Gasteiger partial charge >= 0.3 is 5.97 Å². The Morgan fingerprint density at radius 2 is 2.05 bits per heavy atom. The lowest BCUT2D eigenvalue weighted by atomic mass is 10.0. The minimum Gasteiger partial charge on any atom is -0.493 e. The maximum atomic E-state index is 11.1. The van der Waals surface area contributed by atoms with Crippen molar-refractivity contribution in [3.63, 3.8) is 0 Å². The standard InChI is InChI=1S/C13H18N2O4/c1-18-10-4-3-9(7-11(10)19-2)15-6-5-13(14,8-15)12(16)17/h3-4,7H,5-6,8,14H2,1-2H3,(H,16,17). The summed E-state index contributed by atoms with van der Waals surface area (Å²) >= 11 is 0. The average Bonchev–Trinajstić information content (AvgIpc) is 2.82. The van der Waals surface area contributed by atoms with Crippen molar-refractivity contribution < 1.29 is 19.4 Å². The van der Waals surface area contributed by atoms with Gasteiger partial charge in [0.1, 0.15) is 5.54 Å². The van der Waals surface area contributed by atoms with Crippen LogP contribution in [-0.4, -0.2) is 43.9 Å². The molecule has 1 fully saturated rings. The molecule has 1 aliphatic heterocycles. The Morgan fingerprint density at radius 3 is 2.58 bits per heavy atom. The molecule has 1 saturated heterocycles. The maximum Gasteiger partial charge on any atom is 0.325 e. The smallest absolute Gasteiger partial charge is 0.325 e. The summed E-state index contributed by atoms with van der Waals surface area (Å²) in [5, 5.41) is 9.12. The molecule has 0 bridgehead atoms. The van der Waals surface area contributed by atoms with E-state index < -0.39 is 11.5 Å². The van der Waals surface area contributed by atoms with E-state index in [2.05, 4.69) is 0 Å². The van der Waals surface area contributed by atoms with Gasteiger partial charge in [-0.05, 0) is 18.6 Å². The third kappa shape index (κ3) is 2.44. The van der Waals surface area contributed by atoms with Gasteiger partial charge in [-0.3, -0.25) is 4.79 Å². The molecule has 1 atom stereocenters. The molecule has 1 heterocycles. The molecule has 19 heavy (non-hydrogen) atoms. The zero-order chi connectivity index (χ0) is 14.0. The summed E-state index contributed by atoms with van der Waals surface area (Å²) in [6.07, 6.45) is 0.427. The number of carboxylic acid groups (broad SMARTS) is 1. The molecule has 1 aromatic rings. The van der Waals surface area contributed by atoms with E-state index in [1.165, 1.54) is 0 Å². The van der Waals surface area contributed by atoms with Crippen LogP contribution in [0.5, 0.6) is 11.5 Å². The largest absolute Gasteiger partial charge is 0.493 e. The molecule has 104 valence electrons. The topological polar surface area (TPSA) is 85.0 Å². The van der Waals surface area contributed by atoms with Crippen LogP contribution < -0.4 is 20.1 Å². The first-order chi connectivity index (χ1) is 9.00. The lowest BCUT2D eigenvalue weighted by Gasteiger charge is -2.22. The predicted octanol–water partition coefficient (Wildman–Crippen LogP) is 0.696. The van der Waals surface area contributed by atoms with Gasteiger partial charge in [-0.25, -0.2) is 0 Å². The number of carbonyl (C=O) groups is 1. The summed E-state index contributed by atoms with van der Waals surface area (Å²) in [5.74, 6) is 0.294. The molecule has 0 aromatic heterocycles. The molecule has 2 rings (SSSR count). The van der Waals surface area contributed by atoms with Gasteiger partial charge in [0.2, 0.25) is 0 Å². The van der Waals surface area contributed by atoms with Crippen molar-refractivity contribution in [1.82, 2.24) is 0 Å². The Kier molecular flexibility index (Phi) is 3.53. The summed E-state index contributed by atoms with van der Waals surface area (Å²) < 4.78 is 10.4. The average molecular weight is 266 g/mol. The summed E-state index contributed by atoms with van der Waals surface area (Å²) in [7, 11) is 3.14. The van der Waals surface area contributed by atoms with Crippen LogP contribution in [0.2, 0.25) is 0 Å². The summed E-state index contributed by atoms with van der Waals surface area (Å²) in [5.41, 5.74) is 5.57. The highest BCUT2D eigenvalue weighted by Gasteiger charge is 2.41. The summed E-state index contributed by atoms with van der Waals surface area (Å²) in [6.45, 7) is 0.899. The van der Waals surface area contributed by atoms with Crippen LogP contribution in [0, 0.1) is 0 Å². The zero-order valence-corrected chi connectivity index (χ0v) is 11.0. The SMILES string of the molecule is COc1ccc(N2CCC(N)(C(=O)O)C2)cc1OC. The van der Waals surface area contributed by atoms with Gasteiger partial charge in [-0.2, -0.15) is 0 Å². The predicted molar refractivity (Wildman–Crippen MR) is 70.9 cm³/mol. The molecule has 0 aliphatic carbocycles. The third-order valence-corrected chi connectivity index (χ3v) is 3.46. The third-order valence-electron chi connectivity index (χ3n) is 3.46. The van der Waals surface area contributed by atoms with Gasteiger partial charge in [0.25, 0.3) is 0 Å². The van der Waals surface area contributed by atoms with E-state index in [1.54, 1.807) is 20.3 Å². The highest BCUT2D eigenvalue weighted by molar-refractivity contribution is 5.80. The van der Waals surface area contributed by atoms with E-state index in [4.69, 9.17) is 20.3 Å². The van der Waals surface area contributed by atoms with Crippen LogP contribution >= 0.6 is 0 Å². The van der Waals surface area contributed by atoms with Gasteiger partial charge in [0.05, 0.1) is 14.2 Å². The number of ether oxygens (including phenoxy) is 2. The Bertz CT molecular complexity index is 492. The molecule has 0 radical (unpaired) electrons. The van der Waals surface area contributed by atoms with E-state index in [1.807, 2.05) is 17.0 Å². The summed E-state index contributed by atoms with van der Waals surface area (Å²) in [6, 6.07) is 5.49. The lowest BCUT2D eigenvalue weighted by Crippen LogP contribution is -2.50. The first-order valence-electron chi connectivity index (χ1n) is 5.99. The second-order valence-corrected chi connectivity index (χ2v) is 4.67. The van der Waals surface area contributed by atoms with Crippen LogP contribution in [-0.2, 0) is 4.79 Å². The quantitative estimate of drug-likeness (QED) is 0.834. The van der Waals surface area contributed by atoms with E-state index in [9.17, 15) is 4.79 Å². The second-order valence-electron chi connectivity index (χ2n) is 4.67. The van der Waals surface area contributed by atoms with Crippen molar-refractivity contribution in [2.24, 2.45) is 5.73 Å². The molecule has 0 amide bonds. The van der Waals surface area contributed by atoms with Gasteiger partial charge in [0.15, 0.2) is 11.5 Å². The van der Waals surface area contributed by atoms with Crippen molar-refractivity contribution >= 4 is 11.7 Å². The number of nitrogens with two attached hydrogens (primary N) is 1. The summed E-state index contributed by atoms with van der Waals surface area (Å²) in [4.78, 5) is 13.1. The van der Waals surface area contributed by atoms with Crippen LogP contribution in [0.4, 0.5) is 5.69 Å². The number of nitrogens with zero attached hydrogens (tertiary/aromatic N) is 1. The number of benzene rings is 1. The van der Waals surface area contributed by atoms with Gasteiger partial charge in [0, 0.05) is 24.8 Å². The fourth-order valence-corrected chi connectivity index (χ4v) is 2.25. The normalized spacial score (nSPS) is 22.4. The van der Waals surface area contributed by atoms with E-state index >= 15 is 0 Å². The molecular formula is C13H18N2O4. The van der Waals surface area contributed by atoms with Crippen molar-refractivity contribution in [2.45, 2.75) is 12.0 Å². The molecule has 0 saturated carbocycles. The van der Waals surface area contributed by atoms with Crippen molar-refractivity contribution in [3.8, 4) is 11.5 Å². The number of methoxy groups -OCH3 is 2. The first kappa shape index (κ1) is 13.5. The van der Waals surface area contributed by atoms with Crippen LogP contribution in [0.25, 0.3) is 0 Å². The van der Waals surface area contributed by atoms with Crippen LogP contribution in [0.1, 0.15) is 6.42 Å². The monoisotopic (exact) mass is 266 g/mol. The first-order valence-corrected chi connectivity index (χ1v) is 5.99. The minimum atomic E-state index is -1.17. The van der Waals surface area contributed by atoms with Gasteiger partial charge in [-0.1, -0.05) is 0 Å². The minimum absolute atomic E-state index is 0.290. The molecule has 1 aliphatic rings. The van der Waals surface area contributed by atoms with Crippen molar-refractivity contribution in [2.75, 3.05) is 32.2 Å². The Morgan fingerprint density at radius 1 is 1.37 bits per heavy atom. The van der Waals surface area contributed by atoms with E-state index in [0.717, 1.165) is 5.69 Å². The Balaban J connectivity index is 2.22. The Hall–Kier alpha value is -1.95. The van der Waals surface area contributed by atoms with Crippen molar-refractivity contribution in [1.29, 1.82) is 0 Å². The maximum absolute atomic E-state index is 11.1.